The Kier molecular flexibility index (Phi) is 4.82. The molecule has 8 heteroatoms. The first-order valence-corrected chi connectivity index (χ1v) is 8.34. The molecule has 6 nitrogen and oxygen atoms in total. The Morgan fingerprint density at radius 3 is 2.68 bits per heavy atom. The standard InChI is InChI=1S/C14H19FN4O2S/c1-4-13-10(9-19(3)18-13)8-17-14-6-5-11(7-12(14)15)22(20,21)16-2/h5-7,9,16-17H,4,8H2,1-3H3. The normalized spacial score (nSPS) is 11.6. The lowest BCUT2D eigenvalue weighted by molar-refractivity contribution is 0.584. The van der Waals surface area contributed by atoms with Crippen molar-refractivity contribution in [3.8, 4) is 0 Å². The monoisotopic (exact) mass is 326 g/mol. The molecule has 2 aromatic rings. The van der Waals surface area contributed by atoms with Crippen LogP contribution in [0.15, 0.2) is 29.3 Å². The highest BCUT2D eigenvalue weighted by atomic mass is 32.2. The maximum atomic E-state index is 14.0. The third-order valence-electron chi connectivity index (χ3n) is 3.32. The molecular formula is C14H19FN4O2S. The fourth-order valence-electron chi connectivity index (χ4n) is 2.14. The van der Waals surface area contributed by atoms with E-state index >= 15 is 0 Å². The molecule has 0 unspecified atom stereocenters. The highest BCUT2D eigenvalue weighted by molar-refractivity contribution is 7.89. The second-order valence-corrected chi connectivity index (χ2v) is 6.72. The smallest absolute Gasteiger partial charge is 0.240 e. The summed E-state index contributed by atoms with van der Waals surface area (Å²) in [7, 11) is -0.523. The Balaban J connectivity index is 2.17. The fraction of sp³-hybridized carbons (Fsp3) is 0.357. The maximum Gasteiger partial charge on any atom is 0.240 e. The summed E-state index contributed by atoms with van der Waals surface area (Å²) in [4.78, 5) is -0.103. The summed E-state index contributed by atoms with van der Waals surface area (Å²) < 4.78 is 41.1. The van der Waals surface area contributed by atoms with Crippen LogP contribution in [0.2, 0.25) is 0 Å². The van der Waals surface area contributed by atoms with Crippen molar-refractivity contribution in [2.24, 2.45) is 7.05 Å². The number of anilines is 1. The molecule has 0 radical (unpaired) electrons. The summed E-state index contributed by atoms with van der Waals surface area (Å²) in [6.07, 6.45) is 2.67. The minimum atomic E-state index is -3.64. The lowest BCUT2D eigenvalue weighted by atomic mass is 10.2. The zero-order chi connectivity index (χ0) is 16.3. The van der Waals surface area contributed by atoms with Crippen molar-refractivity contribution in [1.29, 1.82) is 0 Å². The van der Waals surface area contributed by atoms with E-state index in [1.54, 1.807) is 4.68 Å². The zero-order valence-electron chi connectivity index (χ0n) is 12.7. The molecule has 0 spiro atoms. The number of benzene rings is 1. The van der Waals surface area contributed by atoms with Crippen molar-refractivity contribution in [2.75, 3.05) is 12.4 Å². The van der Waals surface area contributed by atoms with E-state index in [0.717, 1.165) is 23.7 Å². The van der Waals surface area contributed by atoms with Gasteiger partial charge < -0.3 is 5.32 Å². The first kappa shape index (κ1) is 16.4. The van der Waals surface area contributed by atoms with Crippen LogP contribution in [0.3, 0.4) is 0 Å². The van der Waals surface area contributed by atoms with Crippen LogP contribution in [0.4, 0.5) is 10.1 Å². The molecule has 0 atom stereocenters. The number of nitrogens with one attached hydrogen (secondary N) is 2. The van der Waals surface area contributed by atoms with Crippen LogP contribution in [-0.2, 0) is 30.0 Å². The Hall–Kier alpha value is -1.93. The van der Waals surface area contributed by atoms with E-state index in [1.807, 2.05) is 20.2 Å². The SMILES string of the molecule is CCc1nn(C)cc1CNc1ccc(S(=O)(=O)NC)cc1F. The molecule has 0 fully saturated rings. The van der Waals surface area contributed by atoms with Gasteiger partial charge in [-0.3, -0.25) is 4.68 Å². The Morgan fingerprint density at radius 1 is 1.36 bits per heavy atom. The van der Waals surface area contributed by atoms with Gasteiger partial charge in [-0.2, -0.15) is 5.10 Å². The molecule has 1 aromatic heterocycles. The topological polar surface area (TPSA) is 76.0 Å². The molecule has 22 heavy (non-hydrogen) atoms. The van der Waals surface area contributed by atoms with Gasteiger partial charge in [-0.05, 0) is 31.7 Å². The molecule has 0 amide bonds. The van der Waals surface area contributed by atoms with Gasteiger partial charge in [-0.25, -0.2) is 17.5 Å². The average molecular weight is 326 g/mol. The second-order valence-electron chi connectivity index (χ2n) is 4.83. The van der Waals surface area contributed by atoms with Gasteiger partial charge in [0.2, 0.25) is 10.0 Å². The van der Waals surface area contributed by atoms with Gasteiger partial charge in [0.1, 0.15) is 5.82 Å². The third kappa shape index (κ3) is 3.45. The minimum absolute atomic E-state index is 0.103. The Labute approximate surface area is 129 Å². The molecule has 120 valence electrons. The molecular weight excluding hydrogens is 307 g/mol. The largest absolute Gasteiger partial charge is 0.378 e. The van der Waals surface area contributed by atoms with E-state index < -0.39 is 15.8 Å². The van der Waals surface area contributed by atoms with E-state index in [0.29, 0.717) is 6.54 Å². The minimum Gasteiger partial charge on any atom is -0.378 e. The fourth-order valence-corrected chi connectivity index (χ4v) is 2.89. The van der Waals surface area contributed by atoms with E-state index in [-0.39, 0.29) is 10.6 Å². The first-order valence-electron chi connectivity index (χ1n) is 6.85. The highest BCUT2D eigenvalue weighted by Crippen LogP contribution is 2.20. The number of sulfonamides is 1. The van der Waals surface area contributed by atoms with Crippen molar-refractivity contribution in [1.82, 2.24) is 14.5 Å². The van der Waals surface area contributed by atoms with Crippen LogP contribution in [0, 0.1) is 5.82 Å². The van der Waals surface area contributed by atoms with Crippen LogP contribution in [0.5, 0.6) is 0 Å². The molecule has 2 rings (SSSR count). The lowest BCUT2D eigenvalue weighted by Gasteiger charge is -2.09. The third-order valence-corrected chi connectivity index (χ3v) is 4.73. The number of rotatable bonds is 6. The van der Waals surface area contributed by atoms with Crippen molar-refractivity contribution in [2.45, 2.75) is 24.8 Å². The van der Waals surface area contributed by atoms with Crippen LogP contribution in [0.1, 0.15) is 18.2 Å². The molecule has 0 saturated carbocycles. The average Bonchev–Trinajstić information content (AvgIpc) is 2.86. The summed E-state index contributed by atoms with van der Waals surface area (Å²) in [5.74, 6) is -0.613. The summed E-state index contributed by atoms with van der Waals surface area (Å²) in [5.41, 5.74) is 2.18. The van der Waals surface area contributed by atoms with Crippen LogP contribution < -0.4 is 10.0 Å². The van der Waals surface area contributed by atoms with Gasteiger partial charge in [0.25, 0.3) is 0 Å². The van der Waals surface area contributed by atoms with Gasteiger partial charge in [0, 0.05) is 25.4 Å². The van der Waals surface area contributed by atoms with Gasteiger partial charge in [-0.1, -0.05) is 6.92 Å². The van der Waals surface area contributed by atoms with Gasteiger partial charge >= 0.3 is 0 Å². The van der Waals surface area contributed by atoms with E-state index in [2.05, 4.69) is 15.1 Å². The molecule has 0 aliphatic rings. The summed E-state index contributed by atoms with van der Waals surface area (Å²) >= 11 is 0. The number of aromatic nitrogens is 2. The van der Waals surface area contributed by atoms with E-state index in [1.165, 1.54) is 19.2 Å². The van der Waals surface area contributed by atoms with E-state index in [4.69, 9.17) is 0 Å². The Bertz CT molecular complexity index is 771. The van der Waals surface area contributed by atoms with Gasteiger partial charge in [-0.15, -0.1) is 0 Å². The molecule has 0 bridgehead atoms. The first-order chi connectivity index (χ1) is 10.4. The molecule has 0 aliphatic carbocycles. The zero-order valence-corrected chi connectivity index (χ0v) is 13.5. The predicted molar refractivity (Wildman–Crippen MR) is 82.6 cm³/mol. The van der Waals surface area contributed by atoms with Crippen molar-refractivity contribution in [3.05, 3.63) is 41.5 Å². The maximum absolute atomic E-state index is 14.0. The highest BCUT2D eigenvalue weighted by Gasteiger charge is 2.14. The number of aryl methyl sites for hydroxylation is 2. The quantitative estimate of drug-likeness (QED) is 0.846. The Morgan fingerprint density at radius 2 is 2.09 bits per heavy atom. The van der Waals surface area contributed by atoms with Crippen molar-refractivity contribution < 1.29 is 12.8 Å². The molecule has 0 saturated heterocycles. The van der Waals surface area contributed by atoms with Crippen molar-refractivity contribution in [3.63, 3.8) is 0 Å². The summed E-state index contributed by atoms with van der Waals surface area (Å²) in [5, 5.41) is 7.29. The van der Waals surface area contributed by atoms with Gasteiger partial charge in [0.15, 0.2) is 0 Å². The number of hydrogen-bond donors (Lipinski definition) is 2. The number of nitrogens with zero attached hydrogens (tertiary/aromatic N) is 2. The summed E-state index contributed by atoms with van der Waals surface area (Å²) in [6.45, 7) is 2.43. The molecule has 1 aromatic carbocycles. The summed E-state index contributed by atoms with van der Waals surface area (Å²) in [6, 6.07) is 3.78. The van der Waals surface area contributed by atoms with E-state index in [9.17, 15) is 12.8 Å². The van der Waals surface area contributed by atoms with Crippen molar-refractivity contribution >= 4 is 15.7 Å². The second kappa shape index (κ2) is 6.45. The number of halogens is 1. The van der Waals surface area contributed by atoms with Crippen LogP contribution in [-0.4, -0.2) is 25.2 Å². The van der Waals surface area contributed by atoms with Crippen LogP contribution >= 0.6 is 0 Å². The molecule has 2 N–H and O–H groups in total. The van der Waals surface area contributed by atoms with Crippen LogP contribution in [0.25, 0.3) is 0 Å². The van der Waals surface area contributed by atoms with Gasteiger partial charge in [0.05, 0.1) is 16.3 Å². The molecule has 0 aliphatic heterocycles. The predicted octanol–water partition coefficient (Wildman–Crippen LogP) is 1.64. The lowest BCUT2D eigenvalue weighted by Crippen LogP contribution is -2.18. The number of hydrogen-bond acceptors (Lipinski definition) is 4. The molecule has 1 heterocycles.